The third-order valence-corrected chi connectivity index (χ3v) is 5.80. The number of hydrazine groups is 1. The zero-order valence-electron chi connectivity index (χ0n) is 20.0. The molecule has 1 saturated heterocycles. The number of hydrogen-bond acceptors (Lipinski definition) is 8. The van der Waals surface area contributed by atoms with Crippen molar-refractivity contribution in [3.05, 3.63) is 40.4 Å². The number of carbonyl (C=O) groups excluding carboxylic acids is 2. The fourth-order valence-corrected chi connectivity index (χ4v) is 4.06. The van der Waals surface area contributed by atoms with E-state index in [-0.39, 0.29) is 35.4 Å². The first kappa shape index (κ1) is 24.0. The van der Waals surface area contributed by atoms with Crippen LogP contribution in [0.1, 0.15) is 39.2 Å². The van der Waals surface area contributed by atoms with Crippen molar-refractivity contribution in [2.24, 2.45) is 11.7 Å². The molecule has 35 heavy (non-hydrogen) atoms. The maximum Gasteiger partial charge on any atom is 0.333 e. The molecule has 6 N–H and O–H groups in total. The molecular formula is C22H30N10O3. The number of piperidine rings is 1. The van der Waals surface area contributed by atoms with Crippen LogP contribution in [0.2, 0.25) is 0 Å². The average Bonchev–Trinajstić information content (AvgIpc) is 3.27. The topological polar surface area (TPSA) is 176 Å². The molecule has 1 unspecified atom stereocenters. The minimum absolute atomic E-state index is 0.0801. The van der Waals surface area contributed by atoms with Gasteiger partial charge in [-0.25, -0.2) is 19.9 Å². The van der Waals surface area contributed by atoms with Gasteiger partial charge in [0.2, 0.25) is 11.9 Å². The van der Waals surface area contributed by atoms with Gasteiger partial charge in [0.05, 0.1) is 17.7 Å². The highest BCUT2D eigenvalue weighted by Gasteiger charge is 2.26. The first-order chi connectivity index (χ1) is 16.6. The second kappa shape index (κ2) is 9.60. The van der Waals surface area contributed by atoms with E-state index in [0.717, 1.165) is 24.9 Å². The van der Waals surface area contributed by atoms with Gasteiger partial charge in [0, 0.05) is 31.4 Å². The molecule has 4 heterocycles. The fourth-order valence-electron chi connectivity index (χ4n) is 4.06. The van der Waals surface area contributed by atoms with E-state index in [9.17, 15) is 14.4 Å². The van der Waals surface area contributed by atoms with Crippen molar-refractivity contribution in [3.63, 3.8) is 0 Å². The van der Waals surface area contributed by atoms with Crippen molar-refractivity contribution in [2.75, 3.05) is 23.4 Å². The van der Waals surface area contributed by atoms with Crippen LogP contribution in [0.15, 0.2) is 29.3 Å². The van der Waals surface area contributed by atoms with Crippen molar-refractivity contribution < 1.29 is 9.59 Å². The number of amides is 3. The minimum Gasteiger partial charge on any atom is -0.369 e. The van der Waals surface area contributed by atoms with Crippen LogP contribution in [0.3, 0.4) is 0 Å². The van der Waals surface area contributed by atoms with Crippen molar-refractivity contribution in [1.29, 1.82) is 0 Å². The number of pyridine rings is 1. The maximum absolute atomic E-state index is 12.4. The zero-order valence-corrected chi connectivity index (χ0v) is 20.0. The summed E-state index contributed by atoms with van der Waals surface area (Å²) in [6.45, 7) is 7.31. The van der Waals surface area contributed by atoms with E-state index >= 15 is 0 Å². The number of rotatable bonds is 6. The number of hydrogen-bond donors (Lipinski definition) is 5. The van der Waals surface area contributed by atoms with Gasteiger partial charge in [-0.1, -0.05) is 6.07 Å². The molecule has 1 fully saturated rings. The quantitative estimate of drug-likeness (QED) is 0.320. The molecule has 0 radical (unpaired) electrons. The van der Waals surface area contributed by atoms with Crippen molar-refractivity contribution in [1.82, 2.24) is 35.5 Å². The number of H-pyrrole nitrogens is 1. The average molecular weight is 483 g/mol. The Kier molecular flexibility index (Phi) is 6.58. The zero-order chi connectivity index (χ0) is 25.2. The van der Waals surface area contributed by atoms with Crippen molar-refractivity contribution in [3.8, 4) is 0 Å². The number of aromatic nitrogens is 5. The molecule has 13 nitrogen and oxygen atoms in total. The number of nitrogens with two attached hydrogens (primary N) is 1. The summed E-state index contributed by atoms with van der Waals surface area (Å²) in [6.07, 6.45) is 4.74. The predicted molar refractivity (Wildman–Crippen MR) is 131 cm³/mol. The summed E-state index contributed by atoms with van der Waals surface area (Å²) in [6, 6.07) is 3.12. The van der Waals surface area contributed by atoms with Crippen LogP contribution in [-0.2, 0) is 16.9 Å². The van der Waals surface area contributed by atoms with Crippen LogP contribution in [0, 0.1) is 5.92 Å². The van der Waals surface area contributed by atoms with Crippen LogP contribution in [-0.4, -0.2) is 49.8 Å². The van der Waals surface area contributed by atoms with Gasteiger partial charge in [-0.2, -0.15) is 10.1 Å². The van der Waals surface area contributed by atoms with Gasteiger partial charge in [0.1, 0.15) is 11.2 Å². The molecule has 4 rings (SSSR count). The molecule has 3 aromatic heterocycles. The molecule has 3 amide bonds. The third kappa shape index (κ3) is 5.34. The largest absolute Gasteiger partial charge is 0.369 e. The van der Waals surface area contributed by atoms with Crippen LogP contribution in [0.25, 0.3) is 11.0 Å². The molecule has 186 valence electrons. The number of primary amides is 1. The highest BCUT2D eigenvalue weighted by atomic mass is 16.2. The summed E-state index contributed by atoms with van der Waals surface area (Å²) < 4.78 is 1.65. The fraction of sp³-hybridized carbons (Fsp3) is 0.455. The second-order valence-corrected chi connectivity index (χ2v) is 9.49. The van der Waals surface area contributed by atoms with Gasteiger partial charge < -0.3 is 16.0 Å². The first-order valence-corrected chi connectivity index (χ1v) is 11.4. The third-order valence-electron chi connectivity index (χ3n) is 5.80. The number of carbonyl (C=O) groups is 2. The number of anilines is 2. The number of aromatic amines is 1. The lowest BCUT2D eigenvalue weighted by Gasteiger charge is -2.33. The van der Waals surface area contributed by atoms with Crippen LogP contribution < -0.4 is 32.4 Å². The van der Waals surface area contributed by atoms with Gasteiger partial charge in [0.25, 0.3) is 5.56 Å². The molecule has 3 aromatic rings. The van der Waals surface area contributed by atoms with Crippen LogP contribution >= 0.6 is 0 Å². The Labute approximate surface area is 201 Å². The second-order valence-electron chi connectivity index (χ2n) is 9.49. The van der Waals surface area contributed by atoms with Gasteiger partial charge in [-0.05, 0) is 39.7 Å². The maximum atomic E-state index is 12.4. The normalized spacial score (nSPS) is 16.2. The summed E-state index contributed by atoms with van der Waals surface area (Å²) in [5.74, 6) is 0.252. The van der Waals surface area contributed by atoms with Gasteiger partial charge in [0.15, 0.2) is 5.65 Å². The molecule has 0 spiro atoms. The van der Waals surface area contributed by atoms with E-state index in [1.54, 1.807) is 16.9 Å². The smallest absolute Gasteiger partial charge is 0.333 e. The lowest BCUT2D eigenvalue weighted by molar-refractivity contribution is -0.122. The predicted octanol–water partition coefficient (Wildman–Crippen LogP) is 0.798. The van der Waals surface area contributed by atoms with E-state index in [4.69, 9.17) is 5.73 Å². The van der Waals surface area contributed by atoms with Gasteiger partial charge in [-0.3, -0.25) is 20.0 Å². The molecule has 0 aromatic carbocycles. The minimum atomic E-state index is -0.527. The molecule has 0 bridgehead atoms. The number of fused-ring (bicyclic) bond motifs is 1. The van der Waals surface area contributed by atoms with E-state index < -0.39 is 6.03 Å². The molecular weight excluding hydrogens is 452 g/mol. The molecule has 13 heteroatoms. The van der Waals surface area contributed by atoms with E-state index in [1.165, 1.54) is 6.20 Å². The highest BCUT2D eigenvalue weighted by molar-refractivity contribution is 5.78. The summed E-state index contributed by atoms with van der Waals surface area (Å²) in [4.78, 5) is 49.9. The molecule has 1 atom stereocenters. The SMILES string of the molecule is CC(C)(C)n1ncc2c(=O)[nH]c(NNC(=O)NCc3cccnc3N3CCCC(C(N)=O)C3)nc21. The van der Waals surface area contributed by atoms with Crippen LogP contribution in [0.4, 0.5) is 16.6 Å². The number of urea groups is 1. The molecule has 1 aliphatic rings. The van der Waals surface area contributed by atoms with Gasteiger partial charge >= 0.3 is 6.03 Å². The van der Waals surface area contributed by atoms with Crippen molar-refractivity contribution in [2.45, 2.75) is 45.7 Å². The number of nitrogens with zero attached hydrogens (tertiary/aromatic N) is 5. The van der Waals surface area contributed by atoms with Crippen LogP contribution in [0.5, 0.6) is 0 Å². The standard InChI is InChI=1S/C22H30N10O3/c1-22(2,3)32-18-15(11-26-32)19(34)28-20(27-18)29-30-21(35)25-10-13-6-4-8-24-17(13)31-9-5-7-14(12-31)16(23)33/h4,6,8,11,14H,5,7,9-10,12H2,1-3H3,(H2,23,33)(H2,25,30,35)(H2,27,28,29,34). The Morgan fingerprint density at radius 3 is 2.86 bits per heavy atom. The molecule has 0 aliphatic carbocycles. The molecule has 0 saturated carbocycles. The summed E-state index contributed by atoms with van der Waals surface area (Å²) in [5, 5.41) is 7.37. The monoisotopic (exact) mass is 482 g/mol. The van der Waals surface area contributed by atoms with Crippen molar-refractivity contribution >= 4 is 34.7 Å². The highest BCUT2D eigenvalue weighted by Crippen LogP contribution is 2.24. The van der Waals surface area contributed by atoms with E-state index in [1.807, 2.05) is 31.7 Å². The first-order valence-electron chi connectivity index (χ1n) is 11.4. The van der Waals surface area contributed by atoms with E-state index in [0.29, 0.717) is 23.4 Å². The lowest BCUT2D eigenvalue weighted by Crippen LogP contribution is -2.42. The Bertz CT molecular complexity index is 1290. The van der Waals surface area contributed by atoms with E-state index in [2.05, 4.69) is 36.2 Å². The Morgan fingerprint density at radius 1 is 1.31 bits per heavy atom. The summed E-state index contributed by atoms with van der Waals surface area (Å²) >= 11 is 0. The summed E-state index contributed by atoms with van der Waals surface area (Å²) in [5.41, 5.74) is 11.1. The lowest BCUT2D eigenvalue weighted by atomic mass is 9.97. The molecule has 1 aliphatic heterocycles. The summed E-state index contributed by atoms with van der Waals surface area (Å²) in [7, 11) is 0. The Morgan fingerprint density at radius 2 is 2.11 bits per heavy atom. The Hall–Kier alpha value is -4.16. The number of nitrogens with one attached hydrogen (secondary N) is 4. The van der Waals surface area contributed by atoms with Gasteiger partial charge in [-0.15, -0.1) is 0 Å². The Balaban J connectivity index is 1.40.